The van der Waals surface area contributed by atoms with Gasteiger partial charge in [-0.25, -0.2) is 0 Å². The first-order chi connectivity index (χ1) is 8.50. The standard InChI is InChI=1S/C13H14F3NO/c14-13(15,16)11-3-5-12(6-4-11)17-7-1-2-10(8-17)9-18/h3-6,9-10H,1-2,7-8H2/t10-/m0/s1. The van der Waals surface area contributed by atoms with Gasteiger partial charge in [-0.05, 0) is 37.1 Å². The highest BCUT2D eigenvalue weighted by atomic mass is 19.4. The number of nitrogens with zero attached hydrogens (tertiary/aromatic N) is 1. The van der Waals surface area contributed by atoms with Crippen molar-refractivity contribution >= 4 is 12.0 Å². The smallest absolute Gasteiger partial charge is 0.371 e. The Balaban J connectivity index is 2.12. The Hall–Kier alpha value is -1.52. The van der Waals surface area contributed by atoms with Gasteiger partial charge < -0.3 is 9.69 Å². The summed E-state index contributed by atoms with van der Waals surface area (Å²) in [5.41, 5.74) is 0.102. The first kappa shape index (κ1) is 12.9. The molecular weight excluding hydrogens is 243 g/mol. The van der Waals surface area contributed by atoms with Gasteiger partial charge in [0.1, 0.15) is 6.29 Å². The second-order valence-corrected chi connectivity index (χ2v) is 4.53. The molecule has 0 aromatic heterocycles. The van der Waals surface area contributed by atoms with Crippen LogP contribution < -0.4 is 4.90 Å². The summed E-state index contributed by atoms with van der Waals surface area (Å²) in [5, 5.41) is 0. The van der Waals surface area contributed by atoms with Gasteiger partial charge in [0.2, 0.25) is 0 Å². The summed E-state index contributed by atoms with van der Waals surface area (Å²) >= 11 is 0. The second-order valence-electron chi connectivity index (χ2n) is 4.53. The van der Waals surface area contributed by atoms with E-state index in [1.165, 1.54) is 12.1 Å². The maximum absolute atomic E-state index is 12.4. The highest BCUT2D eigenvalue weighted by Gasteiger charge is 2.30. The van der Waals surface area contributed by atoms with E-state index in [1.54, 1.807) is 0 Å². The van der Waals surface area contributed by atoms with Gasteiger partial charge in [-0.15, -0.1) is 0 Å². The second kappa shape index (κ2) is 5.00. The molecule has 18 heavy (non-hydrogen) atoms. The van der Waals surface area contributed by atoms with Crippen molar-refractivity contribution in [2.24, 2.45) is 5.92 Å². The number of halogens is 3. The highest BCUT2D eigenvalue weighted by Crippen LogP contribution is 2.31. The van der Waals surface area contributed by atoms with Crippen molar-refractivity contribution in [3.63, 3.8) is 0 Å². The quantitative estimate of drug-likeness (QED) is 0.759. The summed E-state index contributed by atoms with van der Waals surface area (Å²) < 4.78 is 37.3. The molecule has 98 valence electrons. The largest absolute Gasteiger partial charge is 0.416 e. The van der Waals surface area contributed by atoms with Crippen LogP contribution in [0.15, 0.2) is 24.3 Å². The average Bonchev–Trinajstić information content (AvgIpc) is 2.38. The molecule has 2 nitrogen and oxygen atoms in total. The number of piperidine rings is 1. The molecule has 0 amide bonds. The number of hydrogen-bond acceptors (Lipinski definition) is 2. The van der Waals surface area contributed by atoms with Crippen LogP contribution in [0, 0.1) is 5.92 Å². The van der Waals surface area contributed by atoms with Crippen LogP contribution in [0.25, 0.3) is 0 Å². The topological polar surface area (TPSA) is 20.3 Å². The van der Waals surface area contributed by atoms with Crippen molar-refractivity contribution < 1.29 is 18.0 Å². The van der Waals surface area contributed by atoms with Crippen molar-refractivity contribution in [2.45, 2.75) is 19.0 Å². The molecule has 0 saturated carbocycles. The van der Waals surface area contributed by atoms with Gasteiger partial charge in [0.05, 0.1) is 5.56 Å². The van der Waals surface area contributed by atoms with Crippen LogP contribution in [0.5, 0.6) is 0 Å². The maximum atomic E-state index is 12.4. The molecule has 1 atom stereocenters. The van der Waals surface area contributed by atoms with Crippen molar-refractivity contribution in [1.29, 1.82) is 0 Å². The first-order valence-electron chi connectivity index (χ1n) is 5.88. The summed E-state index contributed by atoms with van der Waals surface area (Å²) in [6.45, 7) is 1.38. The van der Waals surface area contributed by atoms with Gasteiger partial charge in [-0.1, -0.05) is 0 Å². The SMILES string of the molecule is O=C[C@H]1CCCN(c2ccc(C(F)(F)F)cc2)C1. The predicted molar refractivity (Wildman–Crippen MR) is 62.4 cm³/mol. The zero-order chi connectivity index (χ0) is 13.2. The lowest BCUT2D eigenvalue weighted by molar-refractivity contribution is -0.137. The number of anilines is 1. The molecule has 1 fully saturated rings. The lowest BCUT2D eigenvalue weighted by Gasteiger charge is -2.32. The molecule has 5 heteroatoms. The van der Waals surface area contributed by atoms with E-state index in [0.29, 0.717) is 6.54 Å². The first-order valence-corrected chi connectivity index (χ1v) is 5.88. The molecule has 0 N–H and O–H groups in total. The fraction of sp³-hybridized carbons (Fsp3) is 0.462. The molecule has 0 unspecified atom stereocenters. The Morgan fingerprint density at radius 3 is 2.44 bits per heavy atom. The van der Waals surface area contributed by atoms with E-state index in [4.69, 9.17) is 0 Å². The van der Waals surface area contributed by atoms with Crippen LogP contribution in [-0.2, 0) is 11.0 Å². The third-order valence-corrected chi connectivity index (χ3v) is 3.21. The Kier molecular flexibility index (Phi) is 3.59. The Bertz CT molecular complexity index is 413. The Morgan fingerprint density at radius 2 is 1.89 bits per heavy atom. The maximum Gasteiger partial charge on any atom is 0.416 e. The number of hydrogen-bond donors (Lipinski definition) is 0. The zero-order valence-corrected chi connectivity index (χ0v) is 9.78. The van der Waals surface area contributed by atoms with Crippen molar-refractivity contribution in [3.8, 4) is 0 Å². The molecular formula is C13H14F3NO. The van der Waals surface area contributed by atoms with Crippen LogP contribution >= 0.6 is 0 Å². The number of rotatable bonds is 2. The lowest BCUT2D eigenvalue weighted by Crippen LogP contribution is -2.35. The van der Waals surface area contributed by atoms with Crippen LogP contribution in [0.2, 0.25) is 0 Å². The van der Waals surface area contributed by atoms with Gasteiger partial charge in [-0.2, -0.15) is 13.2 Å². The molecule has 1 aromatic rings. The molecule has 0 aliphatic carbocycles. The summed E-state index contributed by atoms with van der Waals surface area (Å²) in [7, 11) is 0. The Labute approximate surface area is 103 Å². The monoisotopic (exact) mass is 257 g/mol. The number of aldehydes is 1. The van der Waals surface area contributed by atoms with Crippen molar-refractivity contribution in [1.82, 2.24) is 0 Å². The molecule has 1 aliphatic rings. The summed E-state index contributed by atoms with van der Waals surface area (Å²) in [6.07, 6.45) is -1.62. The van der Waals surface area contributed by atoms with E-state index in [9.17, 15) is 18.0 Å². The molecule has 0 spiro atoms. The minimum absolute atomic E-state index is 0.0129. The van der Waals surface area contributed by atoms with Gasteiger partial charge >= 0.3 is 6.18 Å². The van der Waals surface area contributed by atoms with E-state index in [1.807, 2.05) is 4.90 Å². The van der Waals surface area contributed by atoms with E-state index in [2.05, 4.69) is 0 Å². The van der Waals surface area contributed by atoms with Crippen molar-refractivity contribution in [2.75, 3.05) is 18.0 Å². The Morgan fingerprint density at radius 1 is 1.22 bits per heavy atom. The number of carbonyl (C=O) groups excluding carboxylic acids is 1. The minimum Gasteiger partial charge on any atom is -0.371 e. The molecule has 1 saturated heterocycles. The van der Waals surface area contributed by atoms with E-state index in [-0.39, 0.29) is 5.92 Å². The number of carbonyl (C=O) groups is 1. The molecule has 1 aliphatic heterocycles. The third kappa shape index (κ3) is 2.83. The molecule has 0 bridgehead atoms. The van der Waals surface area contributed by atoms with E-state index in [0.717, 1.165) is 43.5 Å². The van der Waals surface area contributed by atoms with Gasteiger partial charge in [0.25, 0.3) is 0 Å². The highest BCUT2D eigenvalue weighted by molar-refractivity contribution is 5.57. The van der Waals surface area contributed by atoms with Gasteiger partial charge in [0, 0.05) is 24.7 Å². The van der Waals surface area contributed by atoms with Crippen LogP contribution in [0.4, 0.5) is 18.9 Å². The van der Waals surface area contributed by atoms with Crippen LogP contribution in [-0.4, -0.2) is 19.4 Å². The lowest BCUT2D eigenvalue weighted by atomic mass is 9.99. The summed E-state index contributed by atoms with van der Waals surface area (Å²) in [5.74, 6) is -0.0129. The predicted octanol–water partition coefficient (Wildman–Crippen LogP) is 3.12. The fourth-order valence-corrected chi connectivity index (χ4v) is 2.22. The third-order valence-electron chi connectivity index (χ3n) is 3.21. The molecule has 1 heterocycles. The number of alkyl halides is 3. The molecule has 1 aromatic carbocycles. The zero-order valence-electron chi connectivity index (χ0n) is 9.78. The normalized spacial score (nSPS) is 20.8. The summed E-state index contributed by atoms with van der Waals surface area (Å²) in [4.78, 5) is 12.7. The molecule has 0 radical (unpaired) electrons. The van der Waals surface area contributed by atoms with Crippen LogP contribution in [0.1, 0.15) is 18.4 Å². The fourth-order valence-electron chi connectivity index (χ4n) is 2.22. The van der Waals surface area contributed by atoms with Gasteiger partial charge in [0.15, 0.2) is 0 Å². The number of benzene rings is 1. The van der Waals surface area contributed by atoms with Crippen molar-refractivity contribution in [3.05, 3.63) is 29.8 Å². The minimum atomic E-state index is -4.30. The summed E-state index contributed by atoms with van der Waals surface area (Å²) in [6, 6.07) is 5.10. The van der Waals surface area contributed by atoms with Crippen LogP contribution in [0.3, 0.4) is 0 Å². The van der Waals surface area contributed by atoms with E-state index >= 15 is 0 Å². The molecule has 2 rings (SSSR count). The average molecular weight is 257 g/mol. The van der Waals surface area contributed by atoms with E-state index < -0.39 is 11.7 Å². The van der Waals surface area contributed by atoms with Gasteiger partial charge in [-0.3, -0.25) is 0 Å².